The number of benzene rings is 5. The van der Waals surface area contributed by atoms with Crippen molar-refractivity contribution in [3.05, 3.63) is 140 Å². The maximum absolute atomic E-state index is 6.52. The highest BCUT2D eigenvalue weighted by Gasteiger charge is 2.51. The third-order valence-electron chi connectivity index (χ3n) is 9.77. The average molecular weight is 611 g/mol. The van der Waals surface area contributed by atoms with Crippen LogP contribution in [0.1, 0.15) is 27.7 Å². The van der Waals surface area contributed by atoms with E-state index in [4.69, 9.17) is 19.3 Å². The van der Waals surface area contributed by atoms with Gasteiger partial charge in [-0.25, -0.2) is 0 Å². The van der Waals surface area contributed by atoms with E-state index >= 15 is 0 Å². The molecule has 1 saturated heterocycles. The van der Waals surface area contributed by atoms with E-state index < -0.39 is 18.3 Å². The molecule has 1 fully saturated rings. The molecular formula is C42H35BN2O2. The van der Waals surface area contributed by atoms with E-state index in [9.17, 15) is 0 Å². The summed E-state index contributed by atoms with van der Waals surface area (Å²) in [6.07, 6.45) is 3.89. The summed E-state index contributed by atoms with van der Waals surface area (Å²) in [5.74, 6) is 0. The van der Waals surface area contributed by atoms with E-state index in [1.54, 1.807) is 0 Å². The van der Waals surface area contributed by atoms with Crippen LogP contribution in [0, 0.1) is 0 Å². The van der Waals surface area contributed by atoms with Crippen LogP contribution in [0.4, 0.5) is 0 Å². The van der Waals surface area contributed by atoms with Crippen LogP contribution >= 0.6 is 0 Å². The van der Waals surface area contributed by atoms with Gasteiger partial charge in [0.05, 0.1) is 22.6 Å². The third kappa shape index (κ3) is 5.52. The van der Waals surface area contributed by atoms with Crippen LogP contribution in [0.2, 0.25) is 0 Å². The second-order valence-corrected chi connectivity index (χ2v) is 13.4. The Morgan fingerprint density at radius 3 is 1.23 bits per heavy atom. The lowest BCUT2D eigenvalue weighted by atomic mass is 9.76. The highest BCUT2D eigenvalue weighted by atomic mass is 16.7. The number of aromatic nitrogens is 2. The van der Waals surface area contributed by atoms with E-state index in [1.165, 1.54) is 10.8 Å². The van der Waals surface area contributed by atoms with Crippen LogP contribution in [0.25, 0.3) is 66.3 Å². The number of rotatable bonds is 5. The number of fused-ring (bicyclic) bond motifs is 2. The average Bonchev–Trinajstić information content (AvgIpc) is 3.33. The molecule has 0 saturated carbocycles. The molecule has 0 aliphatic carbocycles. The Kier molecular flexibility index (Phi) is 7.05. The number of hydrogen-bond acceptors (Lipinski definition) is 4. The molecule has 5 aromatic carbocycles. The van der Waals surface area contributed by atoms with Gasteiger partial charge in [-0.2, -0.15) is 0 Å². The molecule has 4 nitrogen and oxygen atoms in total. The molecule has 0 radical (unpaired) electrons. The third-order valence-corrected chi connectivity index (χ3v) is 9.77. The summed E-state index contributed by atoms with van der Waals surface area (Å²) in [6.45, 7) is 8.38. The largest absolute Gasteiger partial charge is 0.494 e. The molecule has 0 bridgehead atoms. The predicted molar refractivity (Wildman–Crippen MR) is 195 cm³/mol. The first kappa shape index (κ1) is 29.3. The first-order valence-corrected chi connectivity index (χ1v) is 16.1. The van der Waals surface area contributed by atoms with Gasteiger partial charge in [0.15, 0.2) is 0 Å². The van der Waals surface area contributed by atoms with Crippen molar-refractivity contribution in [3.63, 3.8) is 0 Å². The second kappa shape index (κ2) is 11.3. The number of pyridine rings is 2. The zero-order chi connectivity index (χ0) is 32.2. The van der Waals surface area contributed by atoms with Crippen molar-refractivity contribution in [2.45, 2.75) is 38.9 Å². The van der Waals surface area contributed by atoms with Crippen molar-refractivity contribution < 1.29 is 9.31 Å². The van der Waals surface area contributed by atoms with Crippen molar-refractivity contribution in [1.82, 2.24) is 9.97 Å². The predicted octanol–water partition coefficient (Wildman–Crippen LogP) is 9.75. The first-order chi connectivity index (χ1) is 22.7. The lowest BCUT2D eigenvalue weighted by molar-refractivity contribution is 0.00578. The normalized spacial score (nSPS) is 15.4. The van der Waals surface area contributed by atoms with Gasteiger partial charge in [-0.3, -0.25) is 9.97 Å². The second-order valence-electron chi connectivity index (χ2n) is 13.4. The molecule has 0 spiro atoms. The van der Waals surface area contributed by atoms with E-state index in [0.717, 1.165) is 61.0 Å². The molecule has 3 heterocycles. The lowest BCUT2D eigenvalue weighted by Crippen LogP contribution is -2.41. The van der Waals surface area contributed by atoms with Crippen LogP contribution in [0.5, 0.6) is 0 Å². The van der Waals surface area contributed by atoms with Gasteiger partial charge in [0.25, 0.3) is 0 Å². The summed E-state index contributed by atoms with van der Waals surface area (Å²) in [5, 5.41) is 4.65. The zero-order valence-electron chi connectivity index (χ0n) is 27.1. The quantitative estimate of drug-likeness (QED) is 0.182. The number of hydrogen-bond donors (Lipinski definition) is 0. The highest BCUT2D eigenvalue weighted by Crippen LogP contribution is 2.38. The number of nitrogens with zero attached hydrogens (tertiary/aromatic N) is 2. The summed E-state index contributed by atoms with van der Waals surface area (Å²) in [4.78, 5) is 9.47. The van der Waals surface area contributed by atoms with Crippen LogP contribution in [0.3, 0.4) is 0 Å². The standard InChI is InChI=1S/C42H35BN2O2/c1-41(2)42(3,4)47-43(46-41)38-22-36(28-13-17-30(18-14-28)39-24-32-9-5-7-11-34(32)26-44-39)21-37(23-38)29-15-19-31(20-16-29)40-25-33-10-6-8-12-35(33)27-45-40/h5-27H,1-4H3. The molecule has 47 heavy (non-hydrogen) atoms. The van der Waals surface area contributed by atoms with Gasteiger partial charge in [0, 0.05) is 34.3 Å². The Balaban J connectivity index is 1.16. The fourth-order valence-corrected chi connectivity index (χ4v) is 6.25. The van der Waals surface area contributed by atoms with Crippen molar-refractivity contribution >= 4 is 34.1 Å². The van der Waals surface area contributed by atoms with E-state index in [1.807, 2.05) is 24.5 Å². The van der Waals surface area contributed by atoms with Crippen molar-refractivity contribution in [2.75, 3.05) is 0 Å². The summed E-state index contributed by atoms with van der Waals surface area (Å²) in [7, 11) is -0.471. The summed E-state index contributed by atoms with van der Waals surface area (Å²) < 4.78 is 13.0. The smallest absolute Gasteiger partial charge is 0.399 e. The highest BCUT2D eigenvalue weighted by molar-refractivity contribution is 6.62. The fraction of sp³-hybridized carbons (Fsp3) is 0.143. The molecule has 8 rings (SSSR count). The van der Waals surface area contributed by atoms with Crippen molar-refractivity contribution in [1.29, 1.82) is 0 Å². The summed E-state index contributed by atoms with van der Waals surface area (Å²) in [5.41, 5.74) is 8.66. The molecule has 228 valence electrons. The lowest BCUT2D eigenvalue weighted by Gasteiger charge is -2.32. The summed E-state index contributed by atoms with van der Waals surface area (Å²) in [6, 6.07) is 44.9. The maximum atomic E-state index is 6.52. The van der Waals surface area contributed by atoms with Gasteiger partial charge in [-0.05, 0) is 84.4 Å². The zero-order valence-corrected chi connectivity index (χ0v) is 27.1. The molecule has 0 N–H and O–H groups in total. The maximum Gasteiger partial charge on any atom is 0.494 e. The van der Waals surface area contributed by atoms with Gasteiger partial charge < -0.3 is 9.31 Å². The van der Waals surface area contributed by atoms with Gasteiger partial charge in [0.2, 0.25) is 0 Å². The van der Waals surface area contributed by atoms with Crippen LogP contribution in [-0.2, 0) is 9.31 Å². The molecule has 0 atom stereocenters. The van der Waals surface area contributed by atoms with Crippen LogP contribution < -0.4 is 5.46 Å². The SMILES string of the molecule is CC1(C)OB(c2cc(-c3ccc(-c4cc5ccccc5cn4)cc3)cc(-c3ccc(-c4cc5ccccc5cn4)cc3)c2)OC1(C)C. The first-order valence-electron chi connectivity index (χ1n) is 16.1. The minimum atomic E-state index is -0.471. The van der Waals surface area contributed by atoms with Gasteiger partial charge in [-0.15, -0.1) is 0 Å². The van der Waals surface area contributed by atoms with Gasteiger partial charge in [-0.1, -0.05) is 109 Å². The van der Waals surface area contributed by atoms with Crippen LogP contribution in [-0.4, -0.2) is 28.3 Å². The van der Waals surface area contributed by atoms with E-state index in [2.05, 4.69) is 143 Å². The van der Waals surface area contributed by atoms with Crippen molar-refractivity contribution in [2.24, 2.45) is 0 Å². The molecular weight excluding hydrogens is 575 g/mol. The molecule has 7 aromatic rings. The minimum Gasteiger partial charge on any atom is -0.399 e. The van der Waals surface area contributed by atoms with Crippen molar-refractivity contribution in [3.8, 4) is 44.8 Å². The Hall–Kier alpha value is -5.10. The molecule has 0 unspecified atom stereocenters. The minimum absolute atomic E-state index is 0.434. The molecule has 5 heteroatoms. The van der Waals surface area contributed by atoms with Crippen LogP contribution in [0.15, 0.2) is 140 Å². The summed E-state index contributed by atoms with van der Waals surface area (Å²) >= 11 is 0. The Bertz CT molecular complexity index is 2100. The Morgan fingerprint density at radius 1 is 0.426 bits per heavy atom. The van der Waals surface area contributed by atoms with Gasteiger partial charge >= 0.3 is 7.12 Å². The molecule has 0 amide bonds. The molecule has 1 aliphatic rings. The van der Waals surface area contributed by atoms with E-state index in [-0.39, 0.29) is 0 Å². The Morgan fingerprint density at radius 2 is 0.809 bits per heavy atom. The fourth-order valence-electron chi connectivity index (χ4n) is 6.25. The Labute approximate surface area is 276 Å². The monoisotopic (exact) mass is 610 g/mol. The van der Waals surface area contributed by atoms with Gasteiger partial charge in [0.1, 0.15) is 0 Å². The topological polar surface area (TPSA) is 44.2 Å². The van der Waals surface area contributed by atoms with E-state index in [0.29, 0.717) is 0 Å². The molecule has 2 aromatic heterocycles. The molecule has 1 aliphatic heterocycles.